The predicted molar refractivity (Wildman–Crippen MR) is 120 cm³/mol. The molecule has 0 aliphatic carbocycles. The molecule has 0 aliphatic rings. The number of carbonyl (C=O) groups is 2. The minimum atomic E-state index is -0.784. The first-order chi connectivity index (χ1) is 14.5. The van der Waals surface area contributed by atoms with E-state index in [0.29, 0.717) is 13.0 Å². The first kappa shape index (κ1) is 22.4. The molecular weight excluding hydrogens is 394 g/mol. The molecule has 3 N–H and O–H groups in total. The number of aromatic nitrogens is 3. The molecule has 1 atom stereocenters. The van der Waals surface area contributed by atoms with Gasteiger partial charge >= 0.3 is 6.09 Å². The number of carbonyl (C=O) groups excluding carboxylic acids is 2. The van der Waals surface area contributed by atoms with Crippen LogP contribution in [0.2, 0.25) is 0 Å². The van der Waals surface area contributed by atoms with E-state index in [1.54, 1.807) is 20.8 Å². The number of rotatable bonds is 6. The van der Waals surface area contributed by atoms with E-state index in [-0.39, 0.29) is 5.91 Å². The van der Waals surface area contributed by atoms with Crippen LogP contribution in [0, 0.1) is 13.8 Å². The Hall–Kier alpha value is -3.29. The molecule has 8 heteroatoms. The predicted octanol–water partition coefficient (Wildman–Crippen LogP) is 3.27. The lowest BCUT2D eigenvalue weighted by Gasteiger charge is -2.23. The molecule has 0 unspecified atom stereocenters. The van der Waals surface area contributed by atoms with Crippen molar-refractivity contribution in [1.29, 1.82) is 0 Å². The van der Waals surface area contributed by atoms with Gasteiger partial charge in [0.25, 0.3) is 0 Å². The zero-order valence-corrected chi connectivity index (χ0v) is 19.0. The van der Waals surface area contributed by atoms with Gasteiger partial charge in [0.05, 0.1) is 5.69 Å². The van der Waals surface area contributed by atoms with Gasteiger partial charge in [-0.1, -0.05) is 18.2 Å². The van der Waals surface area contributed by atoms with Gasteiger partial charge in [0.2, 0.25) is 5.91 Å². The monoisotopic (exact) mass is 425 g/mol. The van der Waals surface area contributed by atoms with Crippen molar-refractivity contribution in [3.63, 3.8) is 0 Å². The van der Waals surface area contributed by atoms with E-state index in [0.717, 1.165) is 33.4 Å². The van der Waals surface area contributed by atoms with E-state index in [1.165, 1.54) is 0 Å². The average molecular weight is 426 g/mol. The zero-order chi connectivity index (χ0) is 22.8. The van der Waals surface area contributed by atoms with Crippen molar-refractivity contribution in [3.05, 3.63) is 53.0 Å². The molecule has 8 nitrogen and oxygen atoms in total. The van der Waals surface area contributed by atoms with Gasteiger partial charge in [-0.25, -0.2) is 4.79 Å². The minimum Gasteiger partial charge on any atom is -0.444 e. The number of fused-ring (bicyclic) bond motifs is 1. The molecule has 1 aromatic carbocycles. The highest BCUT2D eigenvalue weighted by atomic mass is 16.6. The Balaban J connectivity index is 1.81. The summed E-state index contributed by atoms with van der Waals surface area (Å²) in [5, 5.41) is 13.8. The summed E-state index contributed by atoms with van der Waals surface area (Å²) in [6.07, 6.45) is 1.71. The molecule has 0 spiro atoms. The van der Waals surface area contributed by atoms with Gasteiger partial charge in [0.1, 0.15) is 11.6 Å². The summed E-state index contributed by atoms with van der Waals surface area (Å²) in [5.41, 5.74) is 4.07. The van der Waals surface area contributed by atoms with Crippen molar-refractivity contribution in [2.45, 2.75) is 59.2 Å². The van der Waals surface area contributed by atoms with Crippen LogP contribution < -0.4 is 10.6 Å². The standard InChI is InChI=1S/C23H31N5O3/c1-14-18(15(2)27-26-14)12-24-21(29)19(25-22(30)31-23(3,4)5)11-16-13-28(6)20-10-8-7-9-17(16)20/h7-10,13,19H,11-12H2,1-6H3,(H,24,29)(H,25,30)(H,26,27)/t19-/m0/s1. The Morgan fingerprint density at radius 3 is 2.58 bits per heavy atom. The lowest BCUT2D eigenvalue weighted by atomic mass is 10.0. The number of hydrogen-bond donors (Lipinski definition) is 3. The maximum absolute atomic E-state index is 13.1. The molecule has 166 valence electrons. The topological polar surface area (TPSA) is 101 Å². The molecule has 2 heterocycles. The third-order valence-corrected chi connectivity index (χ3v) is 5.13. The Labute approximate surface area is 182 Å². The van der Waals surface area contributed by atoms with Crippen LogP contribution in [0.3, 0.4) is 0 Å². The number of nitrogens with one attached hydrogen (secondary N) is 3. The summed E-state index contributed by atoms with van der Waals surface area (Å²) in [7, 11) is 1.96. The molecule has 2 amide bonds. The smallest absolute Gasteiger partial charge is 0.408 e. The van der Waals surface area contributed by atoms with E-state index in [4.69, 9.17) is 4.74 Å². The molecule has 0 aliphatic heterocycles. The molecule has 3 aromatic rings. The first-order valence-corrected chi connectivity index (χ1v) is 10.4. The van der Waals surface area contributed by atoms with Crippen molar-refractivity contribution in [2.75, 3.05) is 0 Å². The van der Waals surface area contributed by atoms with E-state index < -0.39 is 17.7 Å². The lowest BCUT2D eigenvalue weighted by Crippen LogP contribution is -2.49. The van der Waals surface area contributed by atoms with Crippen LogP contribution in [0.25, 0.3) is 10.9 Å². The van der Waals surface area contributed by atoms with Gasteiger partial charge in [-0.05, 0) is 46.2 Å². The number of amides is 2. The Kier molecular flexibility index (Phi) is 6.38. The number of benzene rings is 1. The molecule has 0 fully saturated rings. The molecular formula is C23H31N5O3. The highest BCUT2D eigenvalue weighted by Crippen LogP contribution is 2.22. The van der Waals surface area contributed by atoms with Crippen molar-refractivity contribution >= 4 is 22.9 Å². The fourth-order valence-corrected chi connectivity index (χ4v) is 3.60. The van der Waals surface area contributed by atoms with Crippen molar-refractivity contribution in [3.8, 4) is 0 Å². The van der Waals surface area contributed by atoms with Gasteiger partial charge in [-0.3, -0.25) is 9.89 Å². The van der Waals surface area contributed by atoms with Gasteiger partial charge in [-0.15, -0.1) is 0 Å². The summed E-state index contributed by atoms with van der Waals surface area (Å²) in [6.45, 7) is 9.49. The second-order valence-electron chi connectivity index (χ2n) is 8.82. The van der Waals surface area contributed by atoms with Crippen molar-refractivity contribution < 1.29 is 14.3 Å². The third-order valence-electron chi connectivity index (χ3n) is 5.13. The minimum absolute atomic E-state index is 0.279. The Morgan fingerprint density at radius 1 is 1.23 bits per heavy atom. The number of aryl methyl sites for hydroxylation is 3. The maximum atomic E-state index is 13.1. The molecule has 3 rings (SSSR count). The van der Waals surface area contributed by atoms with E-state index in [9.17, 15) is 9.59 Å². The van der Waals surface area contributed by atoms with E-state index in [2.05, 4.69) is 20.8 Å². The summed E-state index contributed by atoms with van der Waals surface area (Å²) in [6, 6.07) is 7.20. The highest BCUT2D eigenvalue weighted by molar-refractivity contribution is 5.88. The van der Waals surface area contributed by atoms with Crippen LogP contribution >= 0.6 is 0 Å². The maximum Gasteiger partial charge on any atom is 0.408 e. The quantitative estimate of drug-likeness (QED) is 0.564. The van der Waals surface area contributed by atoms with Gasteiger partial charge in [-0.2, -0.15) is 5.10 Å². The Morgan fingerprint density at radius 2 is 1.94 bits per heavy atom. The van der Waals surface area contributed by atoms with E-state index >= 15 is 0 Å². The molecule has 0 saturated carbocycles. The van der Waals surface area contributed by atoms with Crippen LogP contribution in [0.15, 0.2) is 30.5 Å². The number of nitrogens with zero attached hydrogens (tertiary/aromatic N) is 2. The molecule has 0 saturated heterocycles. The number of ether oxygens (including phenoxy) is 1. The van der Waals surface area contributed by atoms with Gasteiger partial charge < -0.3 is 19.9 Å². The molecule has 0 radical (unpaired) electrons. The number of alkyl carbamates (subject to hydrolysis) is 1. The molecule has 31 heavy (non-hydrogen) atoms. The normalized spacial score (nSPS) is 12.6. The van der Waals surface area contributed by atoms with Gasteiger partial charge in [0, 0.05) is 48.4 Å². The molecule has 2 aromatic heterocycles. The summed E-state index contributed by atoms with van der Waals surface area (Å²) in [5.74, 6) is -0.279. The van der Waals surface area contributed by atoms with Crippen LogP contribution in [-0.2, 0) is 29.5 Å². The number of aromatic amines is 1. The lowest BCUT2D eigenvalue weighted by molar-refractivity contribution is -0.123. The largest absolute Gasteiger partial charge is 0.444 e. The average Bonchev–Trinajstić information content (AvgIpc) is 3.17. The number of H-pyrrole nitrogens is 1. The van der Waals surface area contributed by atoms with Crippen LogP contribution in [0.1, 0.15) is 43.3 Å². The fraction of sp³-hybridized carbons (Fsp3) is 0.435. The summed E-state index contributed by atoms with van der Waals surface area (Å²) >= 11 is 0. The van der Waals surface area contributed by atoms with E-state index in [1.807, 2.05) is 55.9 Å². The number of hydrogen-bond acceptors (Lipinski definition) is 4. The second kappa shape index (κ2) is 8.83. The second-order valence-corrected chi connectivity index (χ2v) is 8.82. The highest BCUT2D eigenvalue weighted by Gasteiger charge is 2.26. The molecule has 0 bridgehead atoms. The number of para-hydroxylation sites is 1. The Bertz CT molecular complexity index is 1070. The van der Waals surface area contributed by atoms with Crippen LogP contribution in [-0.4, -0.2) is 38.4 Å². The van der Waals surface area contributed by atoms with Crippen LogP contribution in [0.5, 0.6) is 0 Å². The van der Waals surface area contributed by atoms with Crippen LogP contribution in [0.4, 0.5) is 4.79 Å². The van der Waals surface area contributed by atoms with Gasteiger partial charge in [0.15, 0.2) is 0 Å². The third kappa shape index (κ3) is 5.45. The first-order valence-electron chi connectivity index (χ1n) is 10.4. The zero-order valence-electron chi connectivity index (χ0n) is 19.0. The fourth-order valence-electron chi connectivity index (χ4n) is 3.60. The SMILES string of the molecule is Cc1n[nH]c(C)c1CNC(=O)[C@H](Cc1cn(C)c2ccccc12)NC(=O)OC(C)(C)C. The summed E-state index contributed by atoms with van der Waals surface area (Å²) < 4.78 is 7.41. The van der Waals surface area contributed by atoms with Crippen molar-refractivity contribution in [2.24, 2.45) is 7.05 Å². The summed E-state index contributed by atoms with van der Waals surface area (Å²) in [4.78, 5) is 25.5. The van der Waals surface area contributed by atoms with Crippen molar-refractivity contribution in [1.82, 2.24) is 25.4 Å².